The van der Waals surface area contributed by atoms with Gasteiger partial charge < -0.3 is 10.1 Å². The molecule has 188 valence electrons. The Labute approximate surface area is 208 Å². The maximum absolute atomic E-state index is 12.9. The van der Waals surface area contributed by atoms with E-state index < -0.39 is 42.1 Å². The Hall–Kier alpha value is -3.66. The Morgan fingerprint density at radius 2 is 1.81 bits per heavy atom. The number of nitrogens with one attached hydrogen (secondary N) is 1. The van der Waals surface area contributed by atoms with Gasteiger partial charge in [-0.1, -0.05) is 30.7 Å². The molecule has 0 radical (unpaired) electrons. The first kappa shape index (κ1) is 25.4. The molecule has 1 N–H and O–H groups in total. The number of rotatable bonds is 5. The molecule has 0 saturated carbocycles. The minimum absolute atomic E-state index is 0.0511. The van der Waals surface area contributed by atoms with Gasteiger partial charge in [-0.25, -0.2) is 4.79 Å². The van der Waals surface area contributed by atoms with Gasteiger partial charge in [0.25, 0.3) is 5.91 Å². The minimum atomic E-state index is -4.62. The number of carbonyl (C=O) groups excluding carboxylic acids is 4. The van der Waals surface area contributed by atoms with Crippen LogP contribution in [0.2, 0.25) is 5.02 Å². The van der Waals surface area contributed by atoms with Crippen molar-refractivity contribution in [3.8, 4) is 0 Å². The summed E-state index contributed by atoms with van der Waals surface area (Å²) in [4.78, 5) is 51.2. The molecule has 1 aliphatic heterocycles. The largest absolute Gasteiger partial charge is 0.452 e. The highest BCUT2D eigenvalue weighted by molar-refractivity contribution is 6.33. The fraction of sp³-hybridized carbons (Fsp3) is 0.280. The second kappa shape index (κ2) is 9.77. The number of imide groups is 1. The van der Waals surface area contributed by atoms with E-state index in [0.29, 0.717) is 18.2 Å². The highest BCUT2D eigenvalue weighted by Crippen LogP contribution is 2.40. The third-order valence-corrected chi connectivity index (χ3v) is 6.47. The fourth-order valence-corrected chi connectivity index (χ4v) is 4.51. The Bertz CT molecular complexity index is 1260. The van der Waals surface area contributed by atoms with Crippen LogP contribution >= 0.6 is 11.6 Å². The summed E-state index contributed by atoms with van der Waals surface area (Å²) in [7, 11) is 0. The van der Waals surface area contributed by atoms with Gasteiger partial charge in [0.2, 0.25) is 11.8 Å². The van der Waals surface area contributed by atoms with Crippen molar-refractivity contribution >= 4 is 46.7 Å². The SMILES string of the molecule is C[C@@H]1C=CC[C@H]2C(=O)N(c3ccc(C(=O)OCC(=O)Nc4cc(C(F)(F)F)ccc4Cl)cc3)C(=O)[C@@H]12. The zero-order valence-electron chi connectivity index (χ0n) is 18.8. The lowest BCUT2D eigenvalue weighted by molar-refractivity contribution is -0.137. The number of fused-ring (bicyclic) bond motifs is 1. The van der Waals surface area contributed by atoms with Crippen molar-refractivity contribution in [2.75, 3.05) is 16.8 Å². The monoisotopic (exact) mass is 520 g/mol. The molecule has 3 amide bonds. The Morgan fingerprint density at radius 1 is 1.11 bits per heavy atom. The Balaban J connectivity index is 1.37. The van der Waals surface area contributed by atoms with Crippen LogP contribution in [-0.4, -0.2) is 30.3 Å². The Kier molecular flexibility index (Phi) is 6.90. The summed E-state index contributed by atoms with van der Waals surface area (Å²) in [5.41, 5.74) is -0.906. The van der Waals surface area contributed by atoms with E-state index in [1.54, 1.807) is 0 Å². The van der Waals surface area contributed by atoms with Gasteiger partial charge >= 0.3 is 12.1 Å². The molecule has 11 heteroatoms. The number of allylic oxidation sites excluding steroid dienone is 2. The number of anilines is 2. The number of halogens is 4. The molecular weight excluding hydrogens is 501 g/mol. The molecule has 1 aliphatic carbocycles. The molecule has 1 heterocycles. The van der Waals surface area contributed by atoms with E-state index in [4.69, 9.17) is 16.3 Å². The summed E-state index contributed by atoms with van der Waals surface area (Å²) in [5, 5.41) is 2.06. The summed E-state index contributed by atoms with van der Waals surface area (Å²) in [6.45, 7) is 1.11. The number of alkyl halides is 3. The molecule has 2 aromatic carbocycles. The van der Waals surface area contributed by atoms with Crippen LogP contribution in [0.3, 0.4) is 0 Å². The van der Waals surface area contributed by atoms with Crippen molar-refractivity contribution < 1.29 is 37.1 Å². The molecule has 0 unspecified atom stereocenters. The first-order chi connectivity index (χ1) is 17.0. The maximum atomic E-state index is 12.9. The average molecular weight is 521 g/mol. The lowest BCUT2D eigenvalue weighted by Gasteiger charge is -2.22. The first-order valence-electron chi connectivity index (χ1n) is 11.0. The molecule has 1 saturated heterocycles. The number of hydrogen-bond donors (Lipinski definition) is 1. The number of hydrogen-bond acceptors (Lipinski definition) is 5. The van der Waals surface area contributed by atoms with E-state index >= 15 is 0 Å². The van der Waals surface area contributed by atoms with E-state index in [1.807, 2.05) is 19.1 Å². The molecule has 0 aromatic heterocycles. The lowest BCUT2D eigenvalue weighted by Crippen LogP contribution is -2.31. The standard InChI is InChI=1S/C25H20ClF3N2O5/c1-13-3-2-4-17-21(13)23(34)31(22(17)33)16-8-5-14(6-9-16)24(35)36-12-20(32)30-19-11-15(25(27,28)29)7-10-18(19)26/h2-3,5-11,13,17,21H,4,12H2,1H3,(H,30,32)/t13-,17-,21+/m1/s1. The lowest BCUT2D eigenvalue weighted by atomic mass is 9.78. The number of esters is 1. The van der Waals surface area contributed by atoms with Gasteiger partial charge in [-0.2, -0.15) is 13.2 Å². The summed E-state index contributed by atoms with van der Waals surface area (Å²) in [6, 6.07) is 8.02. The number of amides is 3. The first-order valence-corrected chi connectivity index (χ1v) is 11.3. The molecule has 2 aromatic rings. The zero-order valence-corrected chi connectivity index (χ0v) is 19.6. The quantitative estimate of drug-likeness (QED) is 0.345. The Morgan fingerprint density at radius 3 is 2.44 bits per heavy atom. The number of benzene rings is 2. The van der Waals surface area contributed by atoms with E-state index in [2.05, 4.69) is 5.32 Å². The molecule has 0 bridgehead atoms. The zero-order chi connectivity index (χ0) is 26.2. The van der Waals surface area contributed by atoms with Gasteiger partial charge in [-0.3, -0.25) is 19.3 Å². The van der Waals surface area contributed by atoms with Gasteiger partial charge in [0, 0.05) is 0 Å². The van der Waals surface area contributed by atoms with Crippen LogP contribution in [0.1, 0.15) is 29.3 Å². The number of nitrogens with zero attached hydrogens (tertiary/aromatic N) is 1. The van der Waals surface area contributed by atoms with Crippen LogP contribution < -0.4 is 10.2 Å². The van der Waals surface area contributed by atoms with Crippen molar-refractivity contribution in [1.82, 2.24) is 0 Å². The van der Waals surface area contributed by atoms with Crippen LogP contribution in [0.15, 0.2) is 54.6 Å². The van der Waals surface area contributed by atoms with E-state index in [9.17, 15) is 32.3 Å². The van der Waals surface area contributed by atoms with Crippen molar-refractivity contribution in [2.45, 2.75) is 19.5 Å². The van der Waals surface area contributed by atoms with E-state index in [0.717, 1.165) is 17.0 Å². The van der Waals surface area contributed by atoms with Gasteiger partial charge in [0.15, 0.2) is 6.61 Å². The van der Waals surface area contributed by atoms with Crippen LogP contribution in [0.5, 0.6) is 0 Å². The molecule has 0 spiro atoms. The molecule has 36 heavy (non-hydrogen) atoms. The van der Waals surface area contributed by atoms with Crippen molar-refractivity contribution in [3.63, 3.8) is 0 Å². The van der Waals surface area contributed by atoms with Crippen molar-refractivity contribution in [1.29, 1.82) is 0 Å². The molecule has 7 nitrogen and oxygen atoms in total. The minimum Gasteiger partial charge on any atom is -0.452 e. The second-order valence-corrected chi connectivity index (χ2v) is 8.94. The highest BCUT2D eigenvalue weighted by atomic mass is 35.5. The highest BCUT2D eigenvalue weighted by Gasteiger charge is 2.50. The average Bonchev–Trinajstić information content (AvgIpc) is 3.09. The third kappa shape index (κ3) is 4.99. The molecule has 4 rings (SSSR count). The van der Waals surface area contributed by atoms with Crippen LogP contribution in [0, 0.1) is 17.8 Å². The normalized spacial score (nSPS) is 21.4. The van der Waals surface area contributed by atoms with Crippen molar-refractivity contribution in [3.05, 3.63) is 70.8 Å². The summed E-state index contributed by atoms with van der Waals surface area (Å²) in [6.07, 6.45) is -0.308. The second-order valence-electron chi connectivity index (χ2n) is 8.53. The summed E-state index contributed by atoms with van der Waals surface area (Å²) in [5.74, 6) is -3.24. The van der Waals surface area contributed by atoms with E-state index in [-0.39, 0.29) is 34.0 Å². The van der Waals surface area contributed by atoms with Gasteiger partial charge in [-0.15, -0.1) is 0 Å². The van der Waals surface area contributed by atoms with Crippen LogP contribution in [0.25, 0.3) is 0 Å². The summed E-state index contributed by atoms with van der Waals surface area (Å²) >= 11 is 5.84. The van der Waals surface area contributed by atoms with Crippen LogP contribution in [0.4, 0.5) is 24.5 Å². The molecular formula is C25H20ClF3N2O5. The van der Waals surface area contributed by atoms with Crippen LogP contribution in [-0.2, 0) is 25.3 Å². The van der Waals surface area contributed by atoms with E-state index in [1.165, 1.54) is 24.3 Å². The molecule has 1 fully saturated rings. The van der Waals surface area contributed by atoms with Crippen molar-refractivity contribution in [2.24, 2.45) is 17.8 Å². The number of carbonyl (C=O) groups is 4. The molecule has 2 aliphatic rings. The third-order valence-electron chi connectivity index (χ3n) is 6.14. The summed E-state index contributed by atoms with van der Waals surface area (Å²) < 4.78 is 43.6. The van der Waals surface area contributed by atoms with Gasteiger partial charge in [0.1, 0.15) is 0 Å². The topological polar surface area (TPSA) is 92.8 Å². The predicted molar refractivity (Wildman–Crippen MR) is 124 cm³/mol. The van der Waals surface area contributed by atoms with Gasteiger partial charge in [-0.05, 0) is 54.8 Å². The van der Waals surface area contributed by atoms with Gasteiger partial charge in [0.05, 0.1) is 39.4 Å². The predicted octanol–water partition coefficient (Wildman–Crippen LogP) is 4.86. The smallest absolute Gasteiger partial charge is 0.416 e. The molecule has 3 atom stereocenters. The number of ether oxygens (including phenoxy) is 1. The maximum Gasteiger partial charge on any atom is 0.416 e. The fourth-order valence-electron chi connectivity index (χ4n) is 4.35.